The van der Waals surface area contributed by atoms with E-state index in [0.29, 0.717) is 0 Å². The molecule has 0 spiro atoms. The van der Waals surface area contributed by atoms with Gasteiger partial charge in [0.25, 0.3) is 0 Å². The first-order chi connectivity index (χ1) is 51.8. The fourth-order valence-electron chi connectivity index (χ4n) is 16.2. The van der Waals surface area contributed by atoms with Crippen LogP contribution in [-0.4, -0.2) is 0 Å². The molecule has 0 fully saturated rings. The van der Waals surface area contributed by atoms with E-state index in [0.717, 1.165) is 0 Å². The van der Waals surface area contributed by atoms with Crippen molar-refractivity contribution in [1.29, 1.82) is 0 Å². The van der Waals surface area contributed by atoms with E-state index in [1.165, 1.54) is 183 Å². The number of benzene rings is 1. The number of hydrogen-bond donors (Lipinski definition) is 0. The molecule has 0 heterocycles. The molecule has 0 aliphatic rings. The Morgan fingerprint density at radius 2 is 0.115 bits per heavy atom. The summed E-state index contributed by atoms with van der Waals surface area (Å²) in [6.45, 7) is 0. The molecule has 0 amide bonds. The largest absolute Gasteiger partial charge is 0.0622 e. The first-order valence-electron chi connectivity index (χ1n) is 36.0. The lowest BCUT2D eigenvalue weighted by Gasteiger charge is -2.26. The van der Waals surface area contributed by atoms with Crippen molar-refractivity contribution < 1.29 is 0 Å². The van der Waals surface area contributed by atoms with Gasteiger partial charge in [-0.05, 0) is 183 Å². The van der Waals surface area contributed by atoms with Crippen molar-refractivity contribution in [2.45, 2.75) is 0 Å². The van der Waals surface area contributed by atoms with E-state index >= 15 is 0 Å². The van der Waals surface area contributed by atoms with Crippen LogP contribution in [0.5, 0.6) is 0 Å². The minimum absolute atomic E-state index is 1.22. The first-order valence-corrected chi connectivity index (χ1v) is 36.0. The SMILES string of the molecule is c1ccc2c3ccccc4c5ccccc6c7ccccc8c(c1)c1c8c7c6c5c4c3c21.c1cccc2c(cc1)c1ccccccc1c1ccccccc1c1ccccccc21.c1cccc2c(cc1)c1ccccccc1c1ccccccc21.c1cccc2c(cc1)c1ccccccc21. The molecule has 0 atom stereocenters. The molecule has 21 rings (SSSR count). The second kappa shape index (κ2) is 27.9. The van der Waals surface area contributed by atoms with Crippen molar-refractivity contribution in [3.05, 3.63) is 425 Å². The quantitative estimate of drug-likeness (QED) is 0.142. The topological polar surface area (TPSA) is 0 Å². The minimum Gasteiger partial charge on any atom is -0.0622 e. The molecule has 0 heteroatoms. The third-order valence-corrected chi connectivity index (χ3v) is 20.8. The molecule has 0 aromatic heterocycles. The molecule has 0 aliphatic carbocycles. The molecule has 21 aromatic rings. The first kappa shape index (κ1) is 62.7. The maximum Gasteiger partial charge on any atom is -0.000718 e. The fraction of sp³-hybridized carbons (Fsp3) is 0. The van der Waals surface area contributed by atoms with Gasteiger partial charge in [-0.1, -0.05) is 425 Å². The zero-order valence-electron chi connectivity index (χ0n) is 57.4. The lowest BCUT2D eigenvalue weighted by molar-refractivity contribution is 1.76. The third kappa shape index (κ3) is 11.1. The van der Waals surface area contributed by atoms with Gasteiger partial charge in [0.1, 0.15) is 0 Å². The molecule has 486 valence electrons. The minimum atomic E-state index is 1.22. The second-order valence-electron chi connectivity index (χ2n) is 26.6. The van der Waals surface area contributed by atoms with Crippen LogP contribution in [0.25, 0.3) is 183 Å². The van der Waals surface area contributed by atoms with E-state index in [2.05, 4.69) is 425 Å². The molecular formula is C104H70. The van der Waals surface area contributed by atoms with E-state index in [-0.39, 0.29) is 0 Å². The number of rotatable bonds is 0. The second-order valence-corrected chi connectivity index (χ2v) is 26.6. The summed E-state index contributed by atoms with van der Waals surface area (Å²) in [5.41, 5.74) is 0. The molecule has 0 N–H and O–H groups in total. The highest BCUT2D eigenvalue weighted by atomic mass is 14.3. The molecule has 0 radical (unpaired) electrons. The van der Waals surface area contributed by atoms with E-state index in [1.54, 1.807) is 0 Å². The summed E-state index contributed by atoms with van der Waals surface area (Å²) in [6.07, 6.45) is 0. The van der Waals surface area contributed by atoms with Gasteiger partial charge in [-0.15, -0.1) is 0 Å². The molecule has 104 heavy (non-hydrogen) atoms. The molecule has 0 unspecified atom stereocenters. The highest BCUT2D eigenvalue weighted by Crippen LogP contribution is 2.57. The van der Waals surface area contributed by atoms with Crippen molar-refractivity contribution in [2.75, 3.05) is 0 Å². The summed E-state index contributed by atoms with van der Waals surface area (Å²) in [7, 11) is 0. The van der Waals surface area contributed by atoms with Crippen LogP contribution in [0.2, 0.25) is 0 Å². The van der Waals surface area contributed by atoms with Crippen LogP contribution in [0.15, 0.2) is 425 Å². The molecular weight excluding hydrogens is 1250 g/mol. The number of fused-ring (bicyclic) bond motifs is 22. The molecule has 0 saturated heterocycles. The van der Waals surface area contributed by atoms with Crippen molar-refractivity contribution in [3.63, 3.8) is 0 Å². The van der Waals surface area contributed by atoms with Crippen LogP contribution >= 0.6 is 0 Å². The standard InChI is InChI=1S/C32H16.C32H24.C24H18.C16H12/c1-2-10-18-20-12-5-6-14-23-24-16-8-7-15-22-21-13-4-3-11-19-17(9-1)25-26(18)28(20)30(23)32(24)31(22)29(21)27(19)25;1-2-10-18-26-25(17-9-1)27-19-11-3-4-13-21-29(27)31-23-15-7-8-16-24-32(31)30-22-14-6-5-12-20-28(26)30;1-2-8-14-20-19(13-7-1)21-15-9-3-4-11-17-23(21)24-18-12-6-5-10-16-22(20)24;1-2-6-10-14-13(9-5-1)15-11-7-3-4-8-12-16(14)15/h1-16H;1-24H;1-18H;1-12H. The van der Waals surface area contributed by atoms with Gasteiger partial charge >= 0.3 is 0 Å². The summed E-state index contributed by atoms with van der Waals surface area (Å²) in [6, 6.07) is 151. The van der Waals surface area contributed by atoms with Gasteiger partial charge in [0.15, 0.2) is 0 Å². The molecule has 21 aromatic carbocycles. The Morgan fingerprint density at radius 3 is 0.192 bits per heavy atom. The molecule has 0 nitrogen and oxygen atoms in total. The van der Waals surface area contributed by atoms with Crippen LogP contribution in [0.3, 0.4) is 0 Å². The Labute approximate surface area is 603 Å². The zero-order valence-corrected chi connectivity index (χ0v) is 57.4. The highest BCUT2D eigenvalue weighted by Gasteiger charge is 2.28. The summed E-state index contributed by atoms with van der Waals surface area (Å²) in [5.74, 6) is 0. The highest BCUT2D eigenvalue weighted by molar-refractivity contribution is 6.57. The van der Waals surface area contributed by atoms with Gasteiger partial charge in [0.05, 0.1) is 0 Å². The Balaban J connectivity index is 0.000000102. The van der Waals surface area contributed by atoms with Crippen molar-refractivity contribution in [1.82, 2.24) is 0 Å². The normalized spacial score (nSPS) is 11.3. The van der Waals surface area contributed by atoms with E-state index < -0.39 is 0 Å². The van der Waals surface area contributed by atoms with Gasteiger partial charge < -0.3 is 0 Å². The Kier molecular flexibility index (Phi) is 16.8. The van der Waals surface area contributed by atoms with Gasteiger partial charge in [-0.25, -0.2) is 0 Å². The van der Waals surface area contributed by atoms with Gasteiger partial charge in [0.2, 0.25) is 0 Å². The van der Waals surface area contributed by atoms with Crippen LogP contribution in [0.4, 0.5) is 0 Å². The van der Waals surface area contributed by atoms with Crippen molar-refractivity contribution in [3.8, 4) is 0 Å². The van der Waals surface area contributed by atoms with Crippen molar-refractivity contribution in [2.24, 2.45) is 0 Å². The summed E-state index contributed by atoms with van der Waals surface area (Å²) >= 11 is 0. The number of hydrogen-bond acceptors (Lipinski definition) is 0. The predicted molar refractivity (Wildman–Crippen MR) is 456 cm³/mol. The average molecular weight is 1320 g/mol. The van der Waals surface area contributed by atoms with Crippen LogP contribution in [0, 0.1) is 0 Å². The van der Waals surface area contributed by atoms with E-state index in [4.69, 9.17) is 0 Å². The average Bonchev–Trinajstić information content (AvgIpc) is 0.677. The molecule has 0 bridgehead atoms. The van der Waals surface area contributed by atoms with Crippen LogP contribution in [-0.2, 0) is 0 Å². The monoisotopic (exact) mass is 1320 g/mol. The maximum atomic E-state index is 2.30. The van der Waals surface area contributed by atoms with Crippen molar-refractivity contribution >= 4 is 183 Å². The van der Waals surface area contributed by atoms with Crippen LogP contribution < -0.4 is 0 Å². The Morgan fingerprint density at radius 1 is 0.0577 bits per heavy atom. The van der Waals surface area contributed by atoms with Crippen LogP contribution in [0.1, 0.15) is 0 Å². The lowest BCUT2D eigenvalue weighted by atomic mass is 9.76. The predicted octanol–water partition coefficient (Wildman–Crippen LogP) is 29.7. The van der Waals surface area contributed by atoms with E-state index in [1.807, 2.05) is 0 Å². The summed E-state index contributed by atoms with van der Waals surface area (Å²) in [4.78, 5) is 0. The zero-order chi connectivity index (χ0) is 69.1. The van der Waals surface area contributed by atoms with Gasteiger partial charge in [0, 0.05) is 0 Å². The van der Waals surface area contributed by atoms with Gasteiger partial charge in [-0.2, -0.15) is 0 Å². The maximum absolute atomic E-state index is 2.30. The molecule has 0 aliphatic heterocycles. The Bertz CT molecular complexity index is 5830. The summed E-state index contributed by atoms with van der Waals surface area (Å²) < 4.78 is 0. The summed E-state index contributed by atoms with van der Waals surface area (Å²) in [5, 5.41) is 45.4. The fourth-order valence-corrected chi connectivity index (χ4v) is 16.2. The third-order valence-electron chi connectivity index (χ3n) is 20.8. The smallest absolute Gasteiger partial charge is 0.000718 e. The van der Waals surface area contributed by atoms with Gasteiger partial charge in [-0.3, -0.25) is 0 Å². The van der Waals surface area contributed by atoms with E-state index in [9.17, 15) is 0 Å². The lowest BCUT2D eigenvalue weighted by Crippen LogP contribution is -1.97. The molecule has 0 saturated carbocycles. The Hall–Kier alpha value is -13.5.